The smallest absolute Gasteiger partial charge is 0.303 e. The first-order valence-electron chi connectivity index (χ1n) is 5.89. The van der Waals surface area contributed by atoms with Crippen molar-refractivity contribution in [3.8, 4) is 0 Å². The molecule has 0 atom stereocenters. The molecule has 17 heavy (non-hydrogen) atoms. The molecule has 98 valence electrons. The summed E-state index contributed by atoms with van der Waals surface area (Å²) in [4.78, 5) is 22.3. The van der Waals surface area contributed by atoms with Crippen LogP contribution in [0.3, 0.4) is 0 Å². The maximum atomic E-state index is 12.0. The maximum absolute atomic E-state index is 12.0. The van der Waals surface area contributed by atoms with Crippen LogP contribution in [0.2, 0.25) is 0 Å². The van der Waals surface area contributed by atoms with Crippen molar-refractivity contribution in [1.82, 2.24) is 5.32 Å². The van der Waals surface area contributed by atoms with Gasteiger partial charge in [-0.05, 0) is 19.3 Å². The Morgan fingerprint density at radius 3 is 2.53 bits per heavy atom. The van der Waals surface area contributed by atoms with Crippen molar-refractivity contribution in [2.75, 3.05) is 26.3 Å². The molecule has 0 aromatic carbocycles. The average Bonchev–Trinajstić information content (AvgIpc) is 2.35. The van der Waals surface area contributed by atoms with Crippen LogP contribution in [0.1, 0.15) is 25.7 Å². The van der Waals surface area contributed by atoms with Crippen molar-refractivity contribution in [2.24, 2.45) is 11.1 Å². The molecule has 6 heteroatoms. The van der Waals surface area contributed by atoms with E-state index >= 15 is 0 Å². The number of carboxylic acid groups (broad SMARTS) is 1. The number of ether oxygens (including phenoxy) is 1. The lowest BCUT2D eigenvalue weighted by Gasteiger charge is -2.34. The Morgan fingerprint density at radius 1 is 1.35 bits per heavy atom. The van der Waals surface area contributed by atoms with Gasteiger partial charge in [-0.15, -0.1) is 0 Å². The van der Waals surface area contributed by atoms with Crippen molar-refractivity contribution in [1.29, 1.82) is 0 Å². The minimum Gasteiger partial charge on any atom is -0.481 e. The fraction of sp³-hybridized carbons (Fsp3) is 0.818. The predicted octanol–water partition coefficient (Wildman–Crippen LogP) is -0.277. The number of carboxylic acids is 1. The molecule has 0 aromatic heterocycles. The highest BCUT2D eigenvalue weighted by Gasteiger charge is 2.38. The van der Waals surface area contributed by atoms with Crippen LogP contribution in [0.25, 0.3) is 0 Å². The number of hydrogen-bond donors (Lipinski definition) is 3. The van der Waals surface area contributed by atoms with E-state index in [9.17, 15) is 9.59 Å². The van der Waals surface area contributed by atoms with Gasteiger partial charge < -0.3 is 20.9 Å². The third-order valence-electron chi connectivity index (χ3n) is 3.18. The molecule has 0 saturated carbocycles. The van der Waals surface area contributed by atoms with Crippen LogP contribution in [0.5, 0.6) is 0 Å². The number of nitrogens with two attached hydrogens (primary N) is 1. The highest BCUT2D eigenvalue weighted by Crippen LogP contribution is 2.29. The number of aliphatic carboxylic acids is 1. The summed E-state index contributed by atoms with van der Waals surface area (Å²) in [5.74, 6) is -0.924. The first kappa shape index (κ1) is 13.9. The van der Waals surface area contributed by atoms with E-state index in [1.54, 1.807) is 0 Å². The molecule has 0 spiro atoms. The van der Waals surface area contributed by atoms with Crippen molar-refractivity contribution in [3.05, 3.63) is 0 Å². The van der Waals surface area contributed by atoms with Crippen LogP contribution < -0.4 is 11.1 Å². The van der Waals surface area contributed by atoms with Gasteiger partial charge in [0.1, 0.15) is 0 Å². The molecule has 1 rings (SSSR count). The molecule has 0 aromatic rings. The summed E-state index contributed by atoms with van der Waals surface area (Å²) in [6.45, 7) is 1.80. The van der Waals surface area contributed by atoms with Crippen molar-refractivity contribution >= 4 is 11.9 Å². The van der Waals surface area contributed by atoms with E-state index < -0.39 is 11.4 Å². The standard InChI is InChI=1S/C11H20N2O4/c12-8-11(3-6-17-7-4-11)10(16)13-5-1-2-9(14)15/h1-8,12H2,(H,13,16)(H,14,15). The number of rotatable bonds is 6. The van der Waals surface area contributed by atoms with Gasteiger partial charge in [0.2, 0.25) is 5.91 Å². The van der Waals surface area contributed by atoms with Crippen LogP contribution >= 0.6 is 0 Å². The Kier molecular flexibility index (Phi) is 5.37. The third kappa shape index (κ3) is 3.98. The van der Waals surface area contributed by atoms with Crippen LogP contribution in [0.15, 0.2) is 0 Å². The second-order valence-corrected chi connectivity index (χ2v) is 4.35. The Balaban J connectivity index is 2.36. The number of carbonyl (C=O) groups is 2. The van der Waals surface area contributed by atoms with Crippen molar-refractivity contribution < 1.29 is 19.4 Å². The summed E-state index contributed by atoms with van der Waals surface area (Å²) >= 11 is 0. The SMILES string of the molecule is NCC1(C(=O)NCCCC(=O)O)CCOCC1. The average molecular weight is 244 g/mol. The molecular weight excluding hydrogens is 224 g/mol. The molecule has 6 nitrogen and oxygen atoms in total. The van der Waals surface area contributed by atoms with Crippen LogP contribution in [-0.4, -0.2) is 43.3 Å². The Hall–Kier alpha value is -1.14. The van der Waals surface area contributed by atoms with Gasteiger partial charge in [-0.3, -0.25) is 9.59 Å². The molecule has 0 unspecified atom stereocenters. The maximum Gasteiger partial charge on any atom is 0.303 e. The fourth-order valence-corrected chi connectivity index (χ4v) is 1.92. The van der Waals surface area contributed by atoms with Gasteiger partial charge in [0, 0.05) is 32.7 Å². The van der Waals surface area contributed by atoms with E-state index in [4.69, 9.17) is 15.6 Å². The molecule has 1 fully saturated rings. The lowest BCUT2D eigenvalue weighted by Crippen LogP contribution is -2.49. The summed E-state index contributed by atoms with van der Waals surface area (Å²) in [5, 5.41) is 11.2. The summed E-state index contributed by atoms with van der Waals surface area (Å²) in [6, 6.07) is 0. The second kappa shape index (κ2) is 6.56. The topological polar surface area (TPSA) is 102 Å². The van der Waals surface area contributed by atoms with Gasteiger partial charge in [0.05, 0.1) is 5.41 Å². The number of hydrogen-bond acceptors (Lipinski definition) is 4. The van der Waals surface area contributed by atoms with Gasteiger partial charge in [0.25, 0.3) is 0 Å². The largest absolute Gasteiger partial charge is 0.481 e. The molecule has 0 aliphatic carbocycles. The summed E-state index contributed by atoms with van der Waals surface area (Å²) in [6.07, 6.45) is 1.78. The number of amides is 1. The summed E-state index contributed by atoms with van der Waals surface area (Å²) < 4.78 is 5.22. The second-order valence-electron chi connectivity index (χ2n) is 4.35. The minimum atomic E-state index is -0.848. The normalized spacial score (nSPS) is 18.6. The molecular formula is C11H20N2O4. The minimum absolute atomic E-state index is 0.0685. The third-order valence-corrected chi connectivity index (χ3v) is 3.18. The van der Waals surface area contributed by atoms with Gasteiger partial charge in [-0.2, -0.15) is 0 Å². The lowest BCUT2D eigenvalue weighted by molar-refractivity contribution is -0.138. The van der Waals surface area contributed by atoms with Crippen LogP contribution in [0, 0.1) is 5.41 Å². The van der Waals surface area contributed by atoms with E-state index in [0.717, 1.165) is 0 Å². The van der Waals surface area contributed by atoms with Gasteiger partial charge >= 0.3 is 5.97 Å². The Morgan fingerprint density at radius 2 is 2.00 bits per heavy atom. The van der Waals surface area contributed by atoms with Gasteiger partial charge in [-0.1, -0.05) is 0 Å². The zero-order chi connectivity index (χ0) is 12.7. The van der Waals surface area contributed by atoms with Crippen LogP contribution in [-0.2, 0) is 14.3 Å². The zero-order valence-electron chi connectivity index (χ0n) is 9.91. The highest BCUT2D eigenvalue weighted by molar-refractivity contribution is 5.83. The predicted molar refractivity (Wildman–Crippen MR) is 61.4 cm³/mol. The molecule has 1 saturated heterocycles. The fourth-order valence-electron chi connectivity index (χ4n) is 1.92. The quantitative estimate of drug-likeness (QED) is 0.558. The van der Waals surface area contributed by atoms with E-state index in [-0.39, 0.29) is 12.3 Å². The van der Waals surface area contributed by atoms with E-state index in [1.165, 1.54) is 0 Å². The molecule has 4 N–H and O–H groups in total. The number of nitrogens with one attached hydrogen (secondary N) is 1. The van der Waals surface area contributed by atoms with Gasteiger partial charge in [-0.25, -0.2) is 0 Å². The van der Waals surface area contributed by atoms with Crippen molar-refractivity contribution in [2.45, 2.75) is 25.7 Å². The van der Waals surface area contributed by atoms with Crippen molar-refractivity contribution in [3.63, 3.8) is 0 Å². The van der Waals surface area contributed by atoms with Crippen LogP contribution in [0.4, 0.5) is 0 Å². The summed E-state index contributed by atoms with van der Waals surface area (Å²) in [7, 11) is 0. The first-order valence-corrected chi connectivity index (χ1v) is 5.89. The number of carbonyl (C=O) groups excluding carboxylic acids is 1. The first-order chi connectivity index (χ1) is 8.10. The Labute approximate surface area is 101 Å². The highest BCUT2D eigenvalue weighted by atomic mass is 16.5. The molecule has 1 aliphatic rings. The monoisotopic (exact) mass is 244 g/mol. The van der Waals surface area contributed by atoms with E-state index in [1.807, 2.05) is 0 Å². The Bertz CT molecular complexity index is 275. The molecule has 1 amide bonds. The molecule has 1 aliphatic heterocycles. The van der Waals surface area contributed by atoms with E-state index in [0.29, 0.717) is 45.6 Å². The molecule has 1 heterocycles. The van der Waals surface area contributed by atoms with E-state index in [2.05, 4.69) is 5.32 Å². The molecule has 0 bridgehead atoms. The molecule has 0 radical (unpaired) electrons. The summed E-state index contributed by atoms with van der Waals surface area (Å²) in [5.41, 5.74) is 5.15. The van der Waals surface area contributed by atoms with Gasteiger partial charge in [0.15, 0.2) is 0 Å². The zero-order valence-corrected chi connectivity index (χ0v) is 9.91. The lowest BCUT2D eigenvalue weighted by atomic mass is 9.79.